The summed E-state index contributed by atoms with van der Waals surface area (Å²) in [5, 5.41) is 14.4. The minimum Gasteiger partial charge on any atom is -0.322 e. The Labute approximate surface area is 160 Å². The maximum atomic E-state index is 12.4. The molecular formula is C18H16ClN5OS. The topological polar surface area (TPSA) is 75.1 Å². The van der Waals surface area contributed by atoms with E-state index in [9.17, 15) is 4.79 Å². The molecule has 0 atom stereocenters. The van der Waals surface area contributed by atoms with Crippen LogP contribution in [-0.2, 0) is 6.42 Å². The molecular weight excluding hydrogens is 370 g/mol. The fourth-order valence-electron chi connectivity index (χ4n) is 2.34. The highest BCUT2D eigenvalue weighted by molar-refractivity contribution is 7.71. The van der Waals surface area contributed by atoms with Crippen molar-refractivity contribution in [3.63, 3.8) is 0 Å². The van der Waals surface area contributed by atoms with Crippen LogP contribution in [0.5, 0.6) is 0 Å². The number of H-pyrrole nitrogens is 1. The number of benzene rings is 2. The van der Waals surface area contributed by atoms with E-state index in [-0.39, 0.29) is 5.91 Å². The summed E-state index contributed by atoms with van der Waals surface area (Å²) < 4.78 is 2.01. The highest BCUT2D eigenvalue weighted by Crippen LogP contribution is 2.17. The average molecular weight is 386 g/mol. The van der Waals surface area contributed by atoms with E-state index in [4.69, 9.17) is 23.8 Å². The molecule has 0 fully saturated rings. The van der Waals surface area contributed by atoms with Crippen LogP contribution < -0.4 is 5.32 Å². The number of carbonyl (C=O) groups excluding carboxylic acids is 1. The van der Waals surface area contributed by atoms with E-state index in [0.29, 0.717) is 27.5 Å². The van der Waals surface area contributed by atoms with Gasteiger partial charge < -0.3 is 5.32 Å². The molecule has 2 N–H and O–H groups in total. The predicted octanol–water partition coefficient (Wildman–Crippen LogP) is 4.29. The predicted molar refractivity (Wildman–Crippen MR) is 106 cm³/mol. The third-order valence-electron chi connectivity index (χ3n) is 3.62. The SMILES string of the molecule is CCc1n[nH]c(=S)n1/N=C\c1cccc(NC(=O)c2ccccc2Cl)c1. The molecule has 1 aromatic heterocycles. The first-order valence-electron chi connectivity index (χ1n) is 7.95. The van der Waals surface area contributed by atoms with Gasteiger partial charge in [-0.25, -0.2) is 0 Å². The Hall–Kier alpha value is -2.77. The van der Waals surface area contributed by atoms with Crippen molar-refractivity contribution in [2.45, 2.75) is 13.3 Å². The Morgan fingerprint density at radius 2 is 2.15 bits per heavy atom. The molecule has 3 rings (SSSR count). The van der Waals surface area contributed by atoms with Crippen LogP contribution in [0, 0.1) is 4.77 Å². The van der Waals surface area contributed by atoms with E-state index in [1.807, 2.05) is 25.1 Å². The zero-order valence-electron chi connectivity index (χ0n) is 13.9. The van der Waals surface area contributed by atoms with Gasteiger partial charge in [-0.1, -0.05) is 42.8 Å². The van der Waals surface area contributed by atoms with Gasteiger partial charge in [-0.2, -0.15) is 14.9 Å². The fraction of sp³-hybridized carbons (Fsp3) is 0.111. The molecule has 0 aliphatic heterocycles. The standard InChI is InChI=1S/C18H16ClN5OS/c1-2-16-22-23-18(26)24(16)20-11-12-6-5-7-13(10-12)21-17(25)14-8-3-4-9-15(14)19/h3-11H,2H2,1H3,(H,21,25)(H,23,26)/b20-11-. The van der Waals surface area contributed by atoms with Crippen molar-refractivity contribution in [1.82, 2.24) is 14.9 Å². The monoisotopic (exact) mass is 385 g/mol. The number of rotatable bonds is 5. The van der Waals surface area contributed by atoms with Gasteiger partial charge >= 0.3 is 0 Å². The second-order valence-corrected chi connectivity index (χ2v) is 6.21. The molecule has 0 spiro atoms. The zero-order valence-corrected chi connectivity index (χ0v) is 15.5. The summed E-state index contributed by atoms with van der Waals surface area (Å²) in [6, 6.07) is 14.2. The molecule has 0 bridgehead atoms. The van der Waals surface area contributed by atoms with Gasteiger partial charge in [0, 0.05) is 12.1 Å². The third kappa shape index (κ3) is 4.07. The van der Waals surface area contributed by atoms with E-state index in [2.05, 4.69) is 20.6 Å². The molecule has 0 saturated heterocycles. The summed E-state index contributed by atoms with van der Waals surface area (Å²) >= 11 is 11.2. The van der Waals surface area contributed by atoms with Crippen LogP contribution in [-0.4, -0.2) is 27.0 Å². The maximum absolute atomic E-state index is 12.4. The number of aromatic nitrogens is 3. The second kappa shape index (κ2) is 8.07. The number of carbonyl (C=O) groups is 1. The molecule has 26 heavy (non-hydrogen) atoms. The number of aromatic amines is 1. The van der Waals surface area contributed by atoms with Gasteiger partial charge in [-0.15, -0.1) is 0 Å². The number of amides is 1. The highest BCUT2D eigenvalue weighted by atomic mass is 35.5. The van der Waals surface area contributed by atoms with Crippen LogP contribution in [0.2, 0.25) is 5.02 Å². The lowest BCUT2D eigenvalue weighted by Gasteiger charge is -2.07. The van der Waals surface area contributed by atoms with Crippen LogP contribution in [0.3, 0.4) is 0 Å². The lowest BCUT2D eigenvalue weighted by atomic mass is 10.2. The summed E-state index contributed by atoms with van der Waals surface area (Å²) in [6.45, 7) is 1.97. The molecule has 132 valence electrons. The van der Waals surface area contributed by atoms with E-state index in [0.717, 1.165) is 11.4 Å². The van der Waals surface area contributed by atoms with Gasteiger partial charge in [-0.05, 0) is 42.0 Å². The number of nitrogens with zero attached hydrogens (tertiary/aromatic N) is 3. The lowest BCUT2D eigenvalue weighted by molar-refractivity contribution is 0.102. The number of halogens is 1. The van der Waals surface area contributed by atoms with Crippen molar-refractivity contribution >= 4 is 41.6 Å². The second-order valence-electron chi connectivity index (χ2n) is 5.41. The van der Waals surface area contributed by atoms with E-state index in [1.165, 1.54) is 0 Å². The first kappa shape index (κ1) is 18.0. The Balaban J connectivity index is 1.79. The van der Waals surface area contributed by atoms with Crippen LogP contribution >= 0.6 is 23.8 Å². The molecule has 8 heteroatoms. The molecule has 0 aliphatic carbocycles. The van der Waals surface area contributed by atoms with Gasteiger partial charge in [0.2, 0.25) is 4.77 Å². The summed E-state index contributed by atoms with van der Waals surface area (Å²) in [6.07, 6.45) is 2.37. The quantitative estimate of drug-likeness (QED) is 0.508. The molecule has 0 aliphatic rings. The van der Waals surface area contributed by atoms with Crippen molar-refractivity contribution in [3.8, 4) is 0 Å². The molecule has 6 nitrogen and oxygen atoms in total. The Morgan fingerprint density at radius 1 is 1.35 bits per heavy atom. The number of hydrogen-bond donors (Lipinski definition) is 2. The smallest absolute Gasteiger partial charge is 0.257 e. The number of hydrogen-bond acceptors (Lipinski definition) is 4. The molecule has 3 aromatic rings. The average Bonchev–Trinajstić information content (AvgIpc) is 3.00. The van der Waals surface area contributed by atoms with Gasteiger partial charge in [0.15, 0.2) is 5.82 Å². The minimum absolute atomic E-state index is 0.269. The lowest BCUT2D eigenvalue weighted by Crippen LogP contribution is -2.12. The maximum Gasteiger partial charge on any atom is 0.257 e. The van der Waals surface area contributed by atoms with Crippen molar-refractivity contribution in [1.29, 1.82) is 0 Å². The Morgan fingerprint density at radius 3 is 2.92 bits per heavy atom. The summed E-state index contributed by atoms with van der Waals surface area (Å²) in [5.41, 5.74) is 1.88. The molecule has 0 unspecified atom stereocenters. The first-order chi connectivity index (χ1) is 12.6. The Bertz CT molecular complexity index is 1020. The summed E-state index contributed by atoms with van der Waals surface area (Å²) in [7, 11) is 0. The van der Waals surface area contributed by atoms with Crippen molar-refractivity contribution in [2.75, 3.05) is 5.32 Å². The van der Waals surface area contributed by atoms with Crippen LogP contribution in [0.15, 0.2) is 53.6 Å². The molecule has 1 amide bonds. The van der Waals surface area contributed by atoms with Crippen molar-refractivity contribution < 1.29 is 4.79 Å². The van der Waals surface area contributed by atoms with Gasteiger partial charge in [0.25, 0.3) is 5.91 Å². The Kier molecular flexibility index (Phi) is 5.60. The number of nitrogens with one attached hydrogen (secondary N) is 2. The van der Waals surface area contributed by atoms with Crippen LogP contribution in [0.25, 0.3) is 0 Å². The molecule has 2 aromatic carbocycles. The normalized spacial score (nSPS) is 11.0. The van der Waals surface area contributed by atoms with Crippen molar-refractivity contribution in [3.05, 3.63) is 75.3 Å². The fourth-order valence-corrected chi connectivity index (χ4v) is 2.76. The van der Waals surface area contributed by atoms with Gasteiger partial charge in [0.1, 0.15) is 0 Å². The highest BCUT2D eigenvalue weighted by Gasteiger charge is 2.09. The largest absolute Gasteiger partial charge is 0.322 e. The summed E-state index contributed by atoms with van der Waals surface area (Å²) in [4.78, 5) is 12.4. The molecule has 1 heterocycles. The van der Waals surface area contributed by atoms with Crippen molar-refractivity contribution in [2.24, 2.45) is 5.10 Å². The zero-order chi connectivity index (χ0) is 18.5. The van der Waals surface area contributed by atoms with Gasteiger partial charge in [-0.3, -0.25) is 9.89 Å². The first-order valence-corrected chi connectivity index (χ1v) is 8.73. The van der Waals surface area contributed by atoms with E-state index >= 15 is 0 Å². The third-order valence-corrected chi connectivity index (χ3v) is 4.21. The number of aryl methyl sites for hydroxylation is 1. The van der Waals surface area contributed by atoms with Crippen LogP contribution in [0.1, 0.15) is 28.7 Å². The van der Waals surface area contributed by atoms with E-state index in [1.54, 1.807) is 41.2 Å². The summed E-state index contributed by atoms with van der Waals surface area (Å²) in [5.74, 6) is 0.476. The molecule has 0 saturated carbocycles. The number of anilines is 1. The minimum atomic E-state index is -0.269. The van der Waals surface area contributed by atoms with Crippen LogP contribution in [0.4, 0.5) is 5.69 Å². The van der Waals surface area contributed by atoms with Gasteiger partial charge in [0.05, 0.1) is 16.8 Å². The molecule has 0 radical (unpaired) electrons. The van der Waals surface area contributed by atoms with E-state index < -0.39 is 0 Å².